The first-order valence-electron chi connectivity index (χ1n) is 5.45. The van der Waals surface area contributed by atoms with E-state index in [1.807, 2.05) is 18.0 Å². The second-order valence-corrected chi connectivity index (χ2v) is 4.89. The highest BCUT2D eigenvalue weighted by Gasteiger charge is 2.10. The molecule has 1 heterocycles. The lowest BCUT2D eigenvalue weighted by molar-refractivity contribution is 0.266. The third-order valence-corrected chi connectivity index (χ3v) is 3.33. The maximum absolute atomic E-state index is 5.46. The van der Waals surface area contributed by atoms with E-state index in [1.165, 1.54) is 0 Å². The smallest absolute Gasteiger partial charge is 0.0967 e. The van der Waals surface area contributed by atoms with Crippen LogP contribution in [-0.2, 0) is 13.1 Å². The molecule has 1 aromatic heterocycles. The minimum atomic E-state index is 0.551. The summed E-state index contributed by atoms with van der Waals surface area (Å²) in [6.45, 7) is 4.39. The Labute approximate surface area is 101 Å². The Hall–Kier alpha value is -0.590. The topological polar surface area (TPSA) is 60.0 Å². The lowest BCUT2D eigenvalue weighted by Gasteiger charge is -2.22. The van der Waals surface area contributed by atoms with Gasteiger partial charge in [0.25, 0.3) is 0 Å². The second-order valence-electron chi connectivity index (χ2n) is 3.98. The molecule has 0 radical (unpaired) electrons. The molecule has 0 bridgehead atoms. The number of hydrogen-bond donors (Lipinski definition) is 1. The molecule has 0 aliphatic rings. The van der Waals surface area contributed by atoms with Crippen LogP contribution < -0.4 is 5.73 Å². The largest absolute Gasteiger partial charge is 0.329 e. The fourth-order valence-electron chi connectivity index (χ4n) is 1.43. The highest BCUT2D eigenvalue weighted by molar-refractivity contribution is 7.98. The van der Waals surface area contributed by atoms with Crippen molar-refractivity contribution in [2.24, 2.45) is 5.73 Å². The molecule has 0 saturated carbocycles. The van der Waals surface area contributed by atoms with Crippen molar-refractivity contribution in [2.75, 3.05) is 25.6 Å². The van der Waals surface area contributed by atoms with E-state index in [9.17, 15) is 0 Å². The zero-order valence-electron chi connectivity index (χ0n) is 10.3. The van der Waals surface area contributed by atoms with Crippen LogP contribution in [0.4, 0.5) is 0 Å². The third kappa shape index (κ3) is 4.11. The molecule has 2 N–H and O–H groups in total. The minimum absolute atomic E-state index is 0.551. The van der Waals surface area contributed by atoms with Gasteiger partial charge >= 0.3 is 0 Å². The van der Waals surface area contributed by atoms with Crippen LogP contribution in [0.25, 0.3) is 0 Å². The van der Waals surface area contributed by atoms with E-state index >= 15 is 0 Å². The average molecular weight is 243 g/mol. The molecule has 1 aromatic rings. The first-order chi connectivity index (χ1) is 7.67. The van der Waals surface area contributed by atoms with Gasteiger partial charge in [0.15, 0.2) is 0 Å². The molecular weight excluding hydrogens is 222 g/mol. The minimum Gasteiger partial charge on any atom is -0.329 e. The van der Waals surface area contributed by atoms with Gasteiger partial charge in [0, 0.05) is 31.1 Å². The lowest BCUT2D eigenvalue weighted by Crippen LogP contribution is -2.30. The fraction of sp³-hybridized carbons (Fsp3) is 0.800. The van der Waals surface area contributed by atoms with Gasteiger partial charge in [0.05, 0.1) is 12.2 Å². The molecule has 6 heteroatoms. The molecule has 0 aliphatic carbocycles. The highest BCUT2D eigenvalue weighted by Crippen LogP contribution is 2.07. The summed E-state index contributed by atoms with van der Waals surface area (Å²) in [7, 11) is 2.11. The second kappa shape index (κ2) is 6.88. The monoisotopic (exact) mass is 243 g/mol. The highest BCUT2D eigenvalue weighted by atomic mass is 32.2. The van der Waals surface area contributed by atoms with E-state index in [1.54, 1.807) is 4.68 Å². The van der Waals surface area contributed by atoms with Crippen LogP contribution in [0.5, 0.6) is 0 Å². The van der Waals surface area contributed by atoms with Crippen molar-refractivity contribution in [1.29, 1.82) is 0 Å². The summed E-state index contributed by atoms with van der Waals surface area (Å²) >= 11 is 1.86. The van der Waals surface area contributed by atoms with Crippen LogP contribution in [0.15, 0.2) is 6.20 Å². The van der Waals surface area contributed by atoms with Crippen LogP contribution in [0.3, 0.4) is 0 Å². The maximum atomic E-state index is 5.46. The Balaban J connectivity index is 2.45. The molecule has 5 nitrogen and oxygen atoms in total. The first kappa shape index (κ1) is 13.5. The lowest BCUT2D eigenvalue weighted by atomic mass is 10.3. The molecular formula is C10H21N5S. The van der Waals surface area contributed by atoms with E-state index < -0.39 is 0 Å². The van der Waals surface area contributed by atoms with Gasteiger partial charge < -0.3 is 5.73 Å². The molecule has 0 amide bonds. The van der Waals surface area contributed by atoms with Gasteiger partial charge in [0.2, 0.25) is 0 Å². The van der Waals surface area contributed by atoms with Crippen molar-refractivity contribution in [2.45, 2.75) is 26.1 Å². The Morgan fingerprint density at radius 1 is 1.62 bits per heavy atom. The number of nitrogens with zero attached hydrogens (tertiary/aromatic N) is 4. The zero-order chi connectivity index (χ0) is 12.0. The summed E-state index contributed by atoms with van der Waals surface area (Å²) in [6, 6.07) is 0.551. The van der Waals surface area contributed by atoms with Crippen LogP contribution in [0.2, 0.25) is 0 Å². The summed E-state index contributed by atoms with van der Waals surface area (Å²) < 4.78 is 1.79. The number of nitrogens with two attached hydrogens (primary N) is 1. The zero-order valence-corrected chi connectivity index (χ0v) is 11.1. The van der Waals surface area contributed by atoms with E-state index in [0.29, 0.717) is 12.6 Å². The van der Waals surface area contributed by atoms with Crippen molar-refractivity contribution in [3.05, 3.63) is 11.9 Å². The van der Waals surface area contributed by atoms with E-state index in [2.05, 4.69) is 35.4 Å². The van der Waals surface area contributed by atoms with Gasteiger partial charge in [-0.2, -0.15) is 11.8 Å². The molecule has 92 valence electrons. The van der Waals surface area contributed by atoms with Gasteiger partial charge in [-0.1, -0.05) is 5.21 Å². The van der Waals surface area contributed by atoms with E-state index in [4.69, 9.17) is 5.73 Å². The molecule has 1 unspecified atom stereocenters. The SMILES string of the molecule is CSCC(C)N(C)Cc1cn(CCN)nn1. The number of aromatic nitrogens is 3. The molecule has 0 fully saturated rings. The van der Waals surface area contributed by atoms with Gasteiger partial charge in [-0.15, -0.1) is 5.10 Å². The average Bonchev–Trinajstić information content (AvgIpc) is 2.66. The van der Waals surface area contributed by atoms with E-state index in [0.717, 1.165) is 24.5 Å². The molecule has 0 aliphatic heterocycles. The predicted molar refractivity (Wildman–Crippen MR) is 68.4 cm³/mol. The summed E-state index contributed by atoms with van der Waals surface area (Å²) in [5, 5.41) is 8.15. The maximum Gasteiger partial charge on any atom is 0.0967 e. The first-order valence-corrected chi connectivity index (χ1v) is 6.85. The van der Waals surface area contributed by atoms with Crippen LogP contribution in [0, 0.1) is 0 Å². The van der Waals surface area contributed by atoms with Gasteiger partial charge in [-0.3, -0.25) is 9.58 Å². The van der Waals surface area contributed by atoms with Gasteiger partial charge in [0.1, 0.15) is 0 Å². The Morgan fingerprint density at radius 3 is 3.00 bits per heavy atom. The Morgan fingerprint density at radius 2 is 2.38 bits per heavy atom. The summed E-state index contributed by atoms with van der Waals surface area (Å²) in [4.78, 5) is 2.29. The standard InChI is InChI=1S/C10H21N5S/c1-9(8-16-3)14(2)6-10-7-15(5-4-11)13-12-10/h7,9H,4-6,8,11H2,1-3H3. The number of rotatable bonds is 7. The van der Waals surface area contributed by atoms with E-state index in [-0.39, 0.29) is 0 Å². The normalized spacial score (nSPS) is 13.3. The fourth-order valence-corrected chi connectivity index (χ4v) is 2.17. The van der Waals surface area contributed by atoms with Crippen LogP contribution in [-0.4, -0.2) is 51.5 Å². The van der Waals surface area contributed by atoms with Crippen LogP contribution in [0.1, 0.15) is 12.6 Å². The summed E-state index contributed by atoms with van der Waals surface area (Å²) in [6.07, 6.45) is 4.09. The van der Waals surface area contributed by atoms with Crippen molar-refractivity contribution in [1.82, 2.24) is 19.9 Å². The van der Waals surface area contributed by atoms with Crippen LogP contribution >= 0.6 is 11.8 Å². The molecule has 1 rings (SSSR count). The Kier molecular flexibility index (Phi) is 5.79. The number of thioether (sulfide) groups is 1. The predicted octanol–water partition coefficient (Wildman–Crippen LogP) is 0.420. The quantitative estimate of drug-likeness (QED) is 0.752. The molecule has 0 aromatic carbocycles. The molecule has 16 heavy (non-hydrogen) atoms. The number of hydrogen-bond acceptors (Lipinski definition) is 5. The van der Waals surface area contributed by atoms with Crippen molar-refractivity contribution >= 4 is 11.8 Å². The Bertz CT molecular complexity index is 301. The van der Waals surface area contributed by atoms with Crippen molar-refractivity contribution < 1.29 is 0 Å². The molecule has 0 spiro atoms. The van der Waals surface area contributed by atoms with Gasteiger partial charge in [-0.25, -0.2) is 0 Å². The van der Waals surface area contributed by atoms with Gasteiger partial charge in [-0.05, 0) is 20.2 Å². The van der Waals surface area contributed by atoms with Crippen molar-refractivity contribution in [3.8, 4) is 0 Å². The summed E-state index contributed by atoms with van der Waals surface area (Å²) in [5.41, 5.74) is 6.46. The van der Waals surface area contributed by atoms with Crippen molar-refractivity contribution in [3.63, 3.8) is 0 Å². The third-order valence-electron chi connectivity index (χ3n) is 2.52. The molecule has 0 saturated heterocycles. The summed E-state index contributed by atoms with van der Waals surface area (Å²) in [5.74, 6) is 1.13. The molecule has 1 atom stereocenters.